The molecule has 1 fully saturated rings. The van der Waals surface area contributed by atoms with Crippen LogP contribution in [0.3, 0.4) is 0 Å². The van der Waals surface area contributed by atoms with E-state index in [2.05, 4.69) is 28.7 Å². The minimum absolute atomic E-state index is 0.0962. The molecule has 4 rings (SSSR count). The predicted octanol–water partition coefficient (Wildman–Crippen LogP) is 3.16. The van der Waals surface area contributed by atoms with Crippen molar-refractivity contribution in [3.8, 4) is 0 Å². The first-order valence-electron chi connectivity index (χ1n) is 9.57. The molecule has 29 heavy (non-hydrogen) atoms. The number of hydrogen-bond donors (Lipinski definition) is 1. The summed E-state index contributed by atoms with van der Waals surface area (Å²) in [6.07, 6.45) is 0. The van der Waals surface area contributed by atoms with Gasteiger partial charge in [-0.3, -0.25) is 14.5 Å². The van der Waals surface area contributed by atoms with Crippen molar-refractivity contribution >= 4 is 40.5 Å². The Morgan fingerprint density at radius 1 is 1.10 bits per heavy atom. The summed E-state index contributed by atoms with van der Waals surface area (Å²) in [6.45, 7) is 7.55. The highest BCUT2D eigenvalue weighted by atomic mass is 35.5. The maximum atomic E-state index is 12.8. The number of benzene rings is 2. The highest BCUT2D eigenvalue weighted by Gasteiger charge is 2.32. The Morgan fingerprint density at radius 2 is 1.79 bits per heavy atom. The molecule has 0 bridgehead atoms. The van der Waals surface area contributed by atoms with Crippen LogP contribution in [0.5, 0.6) is 0 Å². The maximum absolute atomic E-state index is 12.8. The van der Waals surface area contributed by atoms with Crippen LogP contribution in [-0.2, 0) is 4.79 Å². The third-order valence-electron chi connectivity index (χ3n) is 5.42. The SMILES string of the molecule is C=C1c2ccccc2C(=O)N1CC(=O)Nc1cc(Cl)ccc1N1CCN(C)CC1. The van der Waals surface area contributed by atoms with Gasteiger partial charge < -0.3 is 15.1 Å². The van der Waals surface area contributed by atoms with Crippen molar-refractivity contribution in [3.63, 3.8) is 0 Å². The lowest BCUT2D eigenvalue weighted by atomic mass is 10.1. The minimum Gasteiger partial charge on any atom is -0.367 e. The molecule has 1 N–H and O–H groups in total. The number of nitrogens with one attached hydrogen (secondary N) is 1. The fraction of sp³-hybridized carbons (Fsp3) is 0.273. The van der Waals surface area contributed by atoms with Crippen molar-refractivity contribution in [2.24, 2.45) is 0 Å². The molecule has 2 aliphatic heterocycles. The molecule has 2 heterocycles. The number of amides is 2. The Morgan fingerprint density at radius 3 is 2.48 bits per heavy atom. The molecule has 2 aromatic rings. The van der Waals surface area contributed by atoms with E-state index in [0.717, 1.165) is 37.4 Å². The summed E-state index contributed by atoms with van der Waals surface area (Å²) in [5.74, 6) is -0.490. The van der Waals surface area contributed by atoms with Crippen LogP contribution in [0.4, 0.5) is 11.4 Å². The second kappa shape index (κ2) is 7.89. The number of likely N-dealkylation sites (N-methyl/N-ethyl adjacent to an activating group) is 1. The van der Waals surface area contributed by atoms with Gasteiger partial charge in [-0.05, 0) is 31.3 Å². The lowest BCUT2D eigenvalue weighted by Crippen LogP contribution is -2.44. The lowest BCUT2D eigenvalue weighted by Gasteiger charge is -2.35. The van der Waals surface area contributed by atoms with Crippen LogP contribution in [0, 0.1) is 0 Å². The molecule has 0 aromatic heterocycles. The third kappa shape index (κ3) is 3.86. The normalized spacial score (nSPS) is 16.9. The Bertz CT molecular complexity index is 948. The number of carbonyl (C=O) groups is 2. The van der Waals surface area contributed by atoms with Crippen LogP contribution < -0.4 is 10.2 Å². The largest absolute Gasteiger partial charge is 0.367 e. The Balaban J connectivity index is 1.50. The number of rotatable bonds is 4. The Hall–Kier alpha value is -2.83. The fourth-order valence-corrected chi connectivity index (χ4v) is 3.94. The van der Waals surface area contributed by atoms with Gasteiger partial charge in [-0.1, -0.05) is 36.4 Å². The highest BCUT2D eigenvalue weighted by Crippen LogP contribution is 2.32. The molecule has 7 heteroatoms. The zero-order valence-electron chi connectivity index (χ0n) is 16.3. The zero-order valence-corrected chi connectivity index (χ0v) is 17.1. The average molecular weight is 411 g/mol. The second-order valence-corrected chi connectivity index (χ2v) is 7.82. The summed E-state index contributed by atoms with van der Waals surface area (Å²) in [6, 6.07) is 12.8. The monoisotopic (exact) mass is 410 g/mol. The molecule has 0 saturated carbocycles. The van der Waals surface area contributed by atoms with Gasteiger partial charge in [-0.2, -0.15) is 0 Å². The Labute approximate surface area is 175 Å². The molecule has 0 radical (unpaired) electrons. The first-order valence-corrected chi connectivity index (χ1v) is 9.95. The van der Waals surface area contributed by atoms with Crippen molar-refractivity contribution in [3.05, 3.63) is 65.2 Å². The van der Waals surface area contributed by atoms with Crippen LogP contribution in [0.25, 0.3) is 5.70 Å². The molecule has 1 saturated heterocycles. The van der Waals surface area contributed by atoms with Gasteiger partial charge in [0.2, 0.25) is 5.91 Å². The summed E-state index contributed by atoms with van der Waals surface area (Å²) >= 11 is 6.18. The molecular weight excluding hydrogens is 388 g/mol. The van der Waals surface area contributed by atoms with Gasteiger partial charge in [0.1, 0.15) is 6.54 Å². The molecule has 0 spiro atoms. The van der Waals surface area contributed by atoms with Gasteiger partial charge in [-0.15, -0.1) is 0 Å². The molecule has 150 valence electrons. The van der Waals surface area contributed by atoms with Crippen molar-refractivity contribution in [1.29, 1.82) is 0 Å². The molecule has 0 unspecified atom stereocenters. The van der Waals surface area contributed by atoms with Gasteiger partial charge >= 0.3 is 0 Å². The number of fused-ring (bicyclic) bond motifs is 1. The number of carbonyl (C=O) groups excluding carboxylic acids is 2. The summed E-state index contributed by atoms with van der Waals surface area (Å²) < 4.78 is 0. The first kappa shape index (κ1) is 19.5. The standard InChI is InChI=1S/C22H23ClN4O2/c1-15-17-5-3-4-6-18(17)22(29)27(15)14-21(28)24-19-13-16(23)7-8-20(19)26-11-9-25(2)10-12-26/h3-8,13H,1,9-12,14H2,2H3,(H,24,28). The first-order chi connectivity index (χ1) is 13.9. The zero-order chi connectivity index (χ0) is 20.5. The minimum atomic E-state index is -0.287. The quantitative estimate of drug-likeness (QED) is 0.841. The molecule has 2 aliphatic rings. The van der Waals surface area contributed by atoms with E-state index in [9.17, 15) is 9.59 Å². The maximum Gasteiger partial charge on any atom is 0.259 e. The van der Waals surface area contributed by atoms with Crippen molar-refractivity contribution in [2.75, 3.05) is 50.0 Å². The Kier molecular flexibility index (Phi) is 5.30. The van der Waals surface area contributed by atoms with E-state index >= 15 is 0 Å². The van der Waals surface area contributed by atoms with Crippen LogP contribution in [-0.4, -0.2) is 61.4 Å². The van der Waals surface area contributed by atoms with Gasteiger partial charge in [-0.25, -0.2) is 0 Å². The molecule has 0 atom stereocenters. The second-order valence-electron chi connectivity index (χ2n) is 7.38. The van der Waals surface area contributed by atoms with Gasteiger partial charge in [0.25, 0.3) is 5.91 Å². The van der Waals surface area contributed by atoms with E-state index in [-0.39, 0.29) is 18.4 Å². The van der Waals surface area contributed by atoms with Crippen LogP contribution in [0.1, 0.15) is 15.9 Å². The summed E-state index contributed by atoms with van der Waals surface area (Å²) in [4.78, 5) is 31.4. The lowest BCUT2D eigenvalue weighted by molar-refractivity contribution is -0.116. The number of hydrogen-bond acceptors (Lipinski definition) is 4. The van der Waals surface area contributed by atoms with Crippen molar-refractivity contribution in [1.82, 2.24) is 9.80 Å². The summed E-state index contributed by atoms with van der Waals surface area (Å²) in [5, 5.41) is 3.49. The number of halogens is 1. The van der Waals surface area contributed by atoms with E-state index in [1.54, 1.807) is 12.1 Å². The number of nitrogens with zero attached hydrogens (tertiary/aromatic N) is 3. The van der Waals surface area contributed by atoms with Crippen LogP contribution in [0.2, 0.25) is 5.02 Å². The van der Waals surface area contributed by atoms with E-state index in [1.165, 1.54) is 4.90 Å². The van der Waals surface area contributed by atoms with E-state index < -0.39 is 0 Å². The smallest absolute Gasteiger partial charge is 0.259 e. The molecule has 2 amide bonds. The number of anilines is 2. The molecule has 2 aromatic carbocycles. The number of piperazine rings is 1. The fourth-order valence-electron chi connectivity index (χ4n) is 3.77. The van der Waals surface area contributed by atoms with Crippen LogP contribution >= 0.6 is 11.6 Å². The molecule has 6 nitrogen and oxygen atoms in total. The van der Waals surface area contributed by atoms with E-state index in [0.29, 0.717) is 22.0 Å². The predicted molar refractivity (Wildman–Crippen MR) is 116 cm³/mol. The average Bonchev–Trinajstić information content (AvgIpc) is 2.94. The molecular formula is C22H23ClN4O2. The van der Waals surface area contributed by atoms with Gasteiger partial charge in [0.15, 0.2) is 0 Å². The van der Waals surface area contributed by atoms with Crippen molar-refractivity contribution in [2.45, 2.75) is 0 Å². The van der Waals surface area contributed by atoms with E-state index in [4.69, 9.17) is 11.6 Å². The highest BCUT2D eigenvalue weighted by molar-refractivity contribution is 6.31. The van der Waals surface area contributed by atoms with Crippen molar-refractivity contribution < 1.29 is 9.59 Å². The topological polar surface area (TPSA) is 55.9 Å². The van der Waals surface area contributed by atoms with Crippen LogP contribution in [0.15, 0.2) is 49.0 Å². The van der Waals surface area contributed by atoms with Gasteiger partial charge in [0.05, 0.1) is 11.4 Å². The van der Waals surface area contributed by atoms with Gasteiger partial charge in [0, 0.05) is 48.0 Å². The summed E-state index contributed by atoms with van der Waals surface area (Å²) in [5.41, 5.74) is 3.48. The molecule has 0 aliphatic carbocycles. The third-order valence-corrected chi connectivity index (χ3v) is 5.65. The summed E-state index contributed by atoms with van der Waals surface area (Å²) in [7, 11) is 2.10. The van der Waals surface area contributed by atoms with E-state index in [1.807, 2.05) is 30.3 Å².